The molecule has 0 spiro atoms. The molecule has 0 atom stereocenters. The molecule has 2 aromatic carbocycles. The van der Waals surface area contributed by atoms with Crippen molar-refractivity contribution in [2.24, 2.45) is 0 Å². The predicted octanol–water partition coefficient (Wildman–Crippen LogP) is 5.11. The quantitative estimate of drug-likeness (QED) is 0.311. The summed E-state index contributed by atoms with van der Waals surface area (Å²) in [5.41, 5.74) is -1.50. The van der Waals surface area contributed by atoms with Gasteiger partial charge in [0.25, 0.3) is 11.6 Å². The van der Waals surface area contributed by atoms with Crippen LogP contribution in [0.25, 0.3) is 6.08 Å². The van der Waals surface area contributed by atoms with Gasteiger partial charge in [0.15, 0.2) is 5.76 Å². The molecule has 0 fully saturated rings. The number of nitro benzene ring substituents is 1. The summed E-state index contributed by atoms with van der Waals surface area (Å²) in [5.74, 6) is -1.65. The lowest BCUT2D eigenvalue weighted by Gasteiger charge is -2.15. The molecule has 0 aliphatic rings. The van der Waals surface area contributed by atoms with Crippen molar-refractivity contribution < 1.29 is 32.1 Å². The molecule has 3 rings (SSSR count). The van der Waals surface area contributed by atoms with Crippen LogP contribution >= 0.6 is 0 Å². The zero-order chi connectivity index (χ0) is 23.3. The van der Waals surface area contributed by atoms with E-state index in [2.05, 4.69) is 10.6 Å². The van der Waals surface area contributed by atoms with Gasteiger partial charge in [0, 0.05) is 23.9 Å². The van der Waals surface area contributed by atoms with Gasteiger partial charge in [-0.05, 0) is 54.1 Å². The van der Waals surface area contributed by atoms with Crippen LogP contribution in [0.3, 0.4) is 0 Å². The summed E-state index contributed by atoms with van der Waals surface area (Å²) in [5, 5.41) is 15.1. The number of nitrogens with one attached hydrogen (secondary N) is 2. The van der Waals surface area contributed by atoms with Gasteiger partial charge in [-0.15, -0.1) is 0 Å². The number of carbonyl (C=O) groups is 2. The first-order chi connectivity index (χ1) is 15.1. The second-order valence-electron chi connectivity index (χ2n) is 6.36. The van der Waals surface area contributed by atoms with Crippen molar-refractivity contribution in [3.63, 3.8) is 0 Å². The monoisotopic (exact) mass is 445 g/mol. The van der Waals surface area contributed by atoms with Gasteiger partial charge in [0.1, 0.15) is 0 Å². The highest BCUT2D eigenvalue weighted by Crippen LogP contribution is 2.36. The molecular formula is C21H14F3N3O5. The van der Waals surface area contributed by atoms with Crippen molar-refractivity contribution in [2.75, 3.05) is 10.6 Å². The van der Waals surface area contributed by atoms with Gasteiger partial charge >= 0.3 is 6.18 Å². The zero-order valence-electron chi connectivity index (χ0n) is 16.1. The number of nitrogens with zero attached hydrogens (tertiary/aromatic N) is 1. The molecule has 2 amide bonds. The Labute approximate surface area is 178 Å². The number of rotatable bonds is 6. The van der Waals surface area contributed by atoms with E-state index in [4.69, 9.17) is 4.42 Å². The van der Waals surface area contributed by atoms with Crippen LogP contribution < -0.4 is 10.6 Å². The lowest BCUT2D eigenvalue weighted by molar-refractivity contribution is -0.384. The summed E-state index contributed by atoms with van der Waals surface area (Å²) < 4.78 is 45.4. The minimum absolute atomic E-state index is 0.0766. The van der Waals surface area contributed by atoms with E-state index in [1.165, 1.54) is 54.8 Å². The molecular weight excluding hydrogens is 431 g/mol. The number of furan rings is 1. The smallest absolute Gasteiger partial charge is 0.418 e. The van der Waals surface area contributed by atoms with Gasteiger partial charge < -0.3 is 15.1 Å². The molecule has 0 radical (unpaired) electrons. The van der Waals surface area contributed by atoms with E-state index in [1.54, 1.807) is 0 Å². The van der Waals surface area contributed by atoms with Crippen molar-refractivity contribution in [3.8, 4) is 0 Å². The zero-order valence-corrected chi connectivity index (χ0v) is 16.1. The van der Waals surface area contributed by atoms with E-state index in [9.17, 15) is 32.9 Å². The van der Waals surface area contributed by atoms with Crippen LogP contribution in [0.4, 0.5) is 30.2 Å². The average Bonchev–Trinajstić information content (AvgIpc) is 3.28. The summed E-state index contributed by atoms with van der Waals surface area (Å²) in [4.78, 5) is 34.1. The number of hydrogen-bond acceptors (Lipinski definition) is 5. The summed E-state index contributed by atoms with van der Waals surface area (Å²) in [6.07, 6.45) is -1.27. The third-order valence-electron chi connectivity index (χ3n) is 4.12. The number of anilines is 2. The van der Waals surface area contributed by atoms with E-state index < -0.39 is 34.2 Å². The second-order valence-corrected chi connectivity index (χ2v) is 6.36. The number of non-ortho nitro benzene ring substituents is 1. The van der Waals surface area contributed by atoms with Crippen molar-refractivity contribution in [2.45, 2.75) is 6.18 Å². The van der Waals surface area contributed by atoms with Crippen LogP contribution in [-0.4, -0.2) is 16.7 Å². The van der Waals surface area contributed by atoms with Crippen molar-refractivity contribution in [1.82, 2.24) is 0 Å². The van der Waals surface area contributed by atoms with Crippen molar-refractivity contribution in [3.05, 3.63) is 93.9 Å². The van der Waals surface area contributed by atoms with Gasteiger partial charge in [-0.25, -0.2) is 0 Å². The van der Waals surface area contributed by atoms with Gasteiger partial charge in [-0.1, -0.05) is 0 Å². The Balaban J connectivity index is 1.75. The average molecular weight is 445 g/mol. The highest BCUT2D eigenvalue weighted by molar-refractivity contribution is 6.04. The lowest BCUT2D eigenvalue weighted by Crippen LogP contribution is -2.16. The van der Waals surface area contributed by atoms with Crippen LogP contribution in [-0.2, 0) is 11.0 Å². The van der Waals surface area contributed by atoms with E-state index in [0.717, 1.165) is 12.1 Å². The molecule has 0 saturated carbocycles. The maximum atomic E-state index is 13.5. The molecule has 1 heterocycles. The van der Waals surface area contributed by atoms with E-state index in [0.29, 0.717) is 11.6 Å². The SMILES string of the molecule is O=C(/C=C/c1ccc([N+](=O)[O-])cc1)Nc1ccc(NC(=O)c2ccco2)cc1C(F)(F)F. The summed E-state index contributed by atoms with van der Waals surface area (Å²) in [6.45, 7) is 0. The molecule has 0 saturated heterocycles. The maximum absolute atomic E-state index is 13.5. The Morgan fingerprint density at radius 3 is 2.34 bits per heavy atom. The minimum atomic E-state index is -4.81. The molecule has 3 aromatic rings. The Hall–Kier alpha value is -4.41. The normalized spacial score (nSPS) is 11.3. The first-order valence-electron chi connectivity index (χ1n) is 8.93. The number of hydrogen-bond donors (Lipinski definition) is 2. The summed E-state index contributed by atoms with van der Waals surface area (Å²) in [6, 6.07) is 11.0. The Morgan fingerprint density at radius 1 is 1.03 bits per heavy atom. The number of carbonyl (C=O) groups excluding carboxylic acids is 2. The number of nitro groups is 1. The molecule has 0 bridgehead atoms. The molecule has 2 N–H and O–H groups in total. The molecule has 11 heteroatoms. The minimum Gasteiger partial charge on any atom is -0.459 e. The van der Waals surface area contributed by atoms with E-state index in [1.807, 2.05) is 0 Å². The molecule has 0 aliphatic carbocycles. The van der Waals surface area contributed by atoms with Gasteiger partial charge in [-0.3, -0.25) is 19.7 Å². The Bertz CT molecular complexity index is 1170. The standard InChI is InChI=1S/C21H14F3N3O5/c22-21(23,24)16-12-14(25-20(29)18-2-1-11-32-18)6-9-17(16)26-19(28)10-5-13-3-7-15(8-4-13)27(30)31/h1-12H,(H,25,29)(H,26,28)/b10-5+. The number of halogens is 3. The molecule has 164 valence electrons. The third-order valence-corrected chi connectivity index (χ3v) is 4.12. The van der Waals surface area contributed by atoms with Gasteiger partial charge in [0.2, 0.25) is 5.91 Å². The largest absolute Gasteiger partial charge is 0.459 e. The maximum Gasteiger partial charge on any atom is 0.418 e. The van der Waals surface area contributed by atoms with Crippen LogP contribution in [0.5, 0.6) is 0 Å². The predicted molar refractivity (Wildman–Crippen MR) is 109 cm³/mol. The fourth-order valence-corrected chi connectivity index (χ4v) is 2.62. The molecule has 0 aliphatic heterocycles. The third kappa shape index (κ3) is 5.59. The summed E-state index contributed by atoms with van der Waals surface area (Å²) in [7, 11) is 0. The number of benzene rings is 2. The van der Waals surface area contributed by atoms with Crippen LogP contribution in [0.2, 0.25) is 0 Å². The van der Waals surface area contributed by atoms with Gasteiger partial charge in [-0.2, -0.15) is 13.2 Å². The van der Waals surface area contributed by atoms with Gasteiger partial charge in [0.05, 0.1) is 22.4 Å². The van der Waals surface area contributed by atoms with Crippen LogP contribution in [0, 0.1) is 10.1 Å². The number of amides is 2. The Kier molecular flexibility index (Phi) is 6.38. The van der Waals surface area contributed by atoms with E-state index in [-0.39, 0.29) is 17.1 Å². The first-order valence-corrected chi connectivity index (χ1v) is 8.93. The highest BCUT2D eigenvalue weighted by atomic mass is 19.4. The van der Waals surface area contributed by atoms with Crippen molar-refractivity contribution >= 4 is 35.0 Å². The van der Waals surface area contributed by atoms with Crippen molar-refractivity contribution in [1.29, 1.82) is 0 Å². The molecule has 1 aromatic heterocycles. The topological polar surface area (TPSA) is 114 Å². The lowest BCUT2D eigenvalue weighted by atomic mass is 10.1. The fourth-order valence-electron chi connectivity index (χ4n) is 2.62. The van der Waals surface area contributed by atoms with Crippen LogP contribution in [0.1, 0.15) is 21.7 Å². The fraction of sp³-hybridized carbons (Fsp3) is 0.0476. The Morgan fingerprint density at radius 2 is 1.75 bits per heavy atom. The second kappa shape index (κ2) is 9.16. The number of alkyl halides is 3. The highest BCUT2D eigenvalue weighted by Gasteiger charge is 2.34. The van der Waals surface area contributed by atoms with E-state index >= 15 is 0 Å². The summed E-state index contributed by atoms with van der Waals surface area (Å²) >= 11 is 0. The van der Waals surface area contributed by atoms with Crippen LogP contribution in [0.15, 0.2) is 71.4 Å². The molecule has 32 heavy (non-hydrogen) atoms. The molecule has 8 nitrogen and oxygen atoms in total. The first kappa shape index (κ1) is 22.3. The molecule has 0 unspecified atom stereocenters.